The maximum absolute atomic E-state index is 12.5. The summed E-state index contributed by atoms with van der Waals surface area (Å²) in [4.78, 5) is 26.5. The Morgan fingerprint density at radius 3 is 2.45 bits per heavy atom. The predicted octanol–water partition coefficient (Wildman–Crippen LogP) is 1.46. The molecule has 0 aromatic heterocycles. The van der Waals surface area contributed by atoms with Gasteiger partial charge in [0.15, 0.2) is 0 Å². The van der Waals surface area contributed by atoms with Gasteiger partial charge in [0.2, 0.25) is 11.8 Å². The first kappa shape index (κ1) is 15.0. The number of para-hydroxylation sites is 1. The van der Waals surface area contributed by atoms with Gasteiger partial charge in [-0.25, -0.2) is 0 Å². The first-order chi connectivity index (χ1) is 10.6. The highest BCUT2D eigenvalue weighted by Crippen LogP contribution is 2.26. The molecule has 0 radical (unpaired) electrons. The number of rotatable bonds is 3. The molecule has 1 heterocycles. The highest BCUT2D eigenvalue weighted by molar-refractivity contribution is 6.09. The minimum Gasteiger partial charge on any atom is -0.393 e. The molecule has 2 N–H and O–H groups in total. The molecule has 0 unspecified atom stereocenters. The number of nitrogens with zero attached hydrogens (tertiary/aromatic N) is 1. The highest BCUT2D eigenvalue weighted by atomic mass is 16.3. The lowest BCUT2D eigenvalue weighted by Crippen LogP contribution is -2.43. The van der Waals surface area contributed by atoms with E-state index in [4.69, 9.17) is 0 Å². The summed E-state index contributed by atoms with van der Waals surface area (Å²) in [5, 5.41) is 12.5. The number of aliphatic hydroxyl groups excluding tert-OH is 1. The minimum atomic E-state index is -0.577. The summed E-state index contributed by atoms with van der Waals surface area (Å²) in [6, 6.07) is 9.56. The van der Waals surface area contributed by atoms with E-state index in [-0.39, 0.29) is 24.0 Å². The number of amides is 2. The Labute approximate surface area is 130 Å². The van der Waals surface area contributed by atoms with Crippen LogP contribution in [0.1, 0.15) is 32.1 Å². The number of hydrogen-bond acceptors (Lipinski definition) is 3. The van der Waals surface area contributed by atoms with Gasteiger partial charge in [0.1, 0.15) is 5.92 Å². The van der Waals surface area contributed by atoms with Gasteiger partial charge in [0, 0.05) is 18.3 Å². The summed E-state index contributed by atoms with van der Waals surface area (Å²) in [7, 11) is 0. The van der Waals surface area contributed by atoms with Crippen LogP contribution in [0.4, 0.5) is 5.69 Å². The summed E-state index contributed by atoms with van der Waals surface area (Å²) in [6.07, 6.45) is 3.34. The summed E-state index contributed by atoms with van der Waals surface area (Å²) in [5.41, 5.74) is 0.851. The Balaban J connectivity index is 1.59. The average molecular weight is 302 g/mol. The van der Waals surface area contributed by atoms with Crippen LogP contribution in [-0.2, 0) is 9.59 Å². The zero-order chi connectivity index (χ0) is 15.5. The molecule has 5 heteroatoms. The second-order valence-electron chi connectivity index (χ2n) is 6.18. The lowest BCUT2D eigenvalue weighted by molar-refractivity contribution is -0.132. The van der Waals surface area contributed by atoms with Crippen molar-refractivity contribution in [2.45, 2.75) is 44.2 Å². The van der Waals surface area contributed by atoms with E-state index in [0.29, 0.717) is 13.0 Å². The number of hydrogen-bond donors (Lipinski definition) is 2. The van der Waals surface area contributed by atoms with Crippen LogP contribution in [0.25, 0.3) is 0 Å². The lowest BCUT2D eigenvalue weighted by atomic mass is 9.92. The molecule has 1 atom stereocenters. The van der Waals surface area contributed by atoms with Crippen LogP contribution in [0.2, 0.25) is 0 Å². The molecule has 2 aliphatic rings. The molecule has 118 valence electrons. The van der Waals surface area contributed by atoms with E-state index in [9.17, 15) is 14.7 Å². The van der Waals surface area contributed by atoms with Crippen molar-refractivity contribution in [2.75, 3.05) is 11.4 Å². The Morgan fingerprint density at radius 1 is 1.09 bits per heavy atom. The van der Waals surface area contributed by atoms with Gasteiger partial charge in [0.25, 0.3) is 0 Å². The predicted molar refractivity (Wildman–Crippen MR) is 83.3 cm³/mol. The van der Waals surface area contributed by atoms with Gasteiger partial charge in [-0.15, -0.1) is 0 Å². The molecular formula is C17H22N2O3. The van der Waals surface area contributed by atoms with Gasteiger partial charge in [-0.2, -0.15) is 0 Å². The van der Waals surface area contributed by atoms with E-state index in [1.54, 1.807) is 4.90 Å². The maximum atomic E-state index is 12.5. The molecule has 0 spiro atoms. The van der Waals surface area contributed by atoms with Crippen LogP contribution in [0, 0.1) is 5.92 Å². The molecule has 1 saturated heterocycles. The van der Waals surface area contributed by atoms with Crippen LogP contribution in [0.15, 0.2) is 30.3 Å². The third-order valence-corrected chi connectivity index (χ3v) is 4.63. The van der Waals surface area contributed by atoms with Crippen molar-refractivity contribution in [1.82, 2.24) is 5.32 Å². The van der Waals surface area contributed by atoms with Gasteiger partial charge in [-0.3, -0.25) is 9.59 Å². The SMILES string of the molecule is O=C(NC1CCC(O)CC1)[C@H]1CCN(c2ccccc2)C1=O. The number of anilines is 1. The fourth-order valence-corrected chi connectivity index (χ4v) is 3.31. The van der Waals surface area contributed by atoms with Crippen molar-refractivity contribution in [3.8, 4) is 0 Å². The Bertz CT molecular complexity index is 538. The molecule has 1 aromatic rings. The molecule has 2 fully saturated rings. The van der Waals surface area contributed by atoms with E-state index in [2.05, 4.69) is 5.32 Å². The van der Waals surface area contributed by atoms with Gasteiger partial charge < -0.3 is 15.3 Å². The zero-order valence-corrected chi connectivity index (χ0v) is 12.6. The van der Waals surface area contributed by atoms with E-state index in [1.165, 1.54) is 0 Å². The molecule has 5 nitrogen and oxygen atoms in total. The number of nitrogens with one attached hydrogen (secondary N) is 1. The maximum Gasteiger partial charge on any atom is 0.239 e. The van der Waals surface area contributed by atoms with Crippen LogP contribution >= 0.6 is 0 Å². The van der Waals surface area contributed by atoms with Gasteiger partial charge >= 0.3 is 0 Å². The Kier molecular flexibility index (Phi) is 4.43. The van der Waals surface area contributed by atoms with Crippen LogP contribution < -0.4 is 10.2 Å². The van der Waals surface area contributed by atoms with Crippen LogP contribution in [-0.4, -0.2) is 35.6 Å². The Morgan fingerprint density at radius 2 is 1.77 bits per heavy atom. The second kappa shape index (κ2) is 6.48. The van der Waals surface area contributed by atoms with Gasteiger partial charge in [0.05, 0.1) is 6.10 Å². The molecular weight excluding hydrogens is 280 g/mol. The van der Waals surface area contributed by atoms with Crippen LogP contribution in [0.3, 0.4) is 0 Å². The van der Waals surface area contributed by atoms with Gasteiger partial charge in [-0.05, 0) is 44.2 Å². The van der Waals surface area contributed by atoms with Crippen molar-refractivity contribution >= 4 is 17.5 Å². The minimum absolute atomic E-state index is 0.0921. The van der Waals surface area contributed by atoms with Crippen molar-refractivity contribution in [2.24, 2.45) is 5.92 Å². The number of carbonyl (C=O) groups excluding carboxylic acids is 2. The van der Waals surface area contributed by atoms with Crippen molar-refractivity contribution in [1.29, 1.82) is 0 Å². The van der Waals surface area contributed by atoms with Crippen molar-refractivity contribution < 1.29 is 14.7 Å². The normalized spacial score (nSPS) is 28.7. The third-order valence-electron chi connectivity index (χ3n) is 4.63. The summed E-state index contributed by atoms with van der Waals surface area (Å²) >= 11 is 0. The van der Waals surface area contributed by atoms with Crippen molar-refractivity contribution in [3.63, 3.8) is 0 Å². The first-order valence-electron chi connectivity index (χ1n) is 8.00. The standard InChI is InChI=1S/C17H22N2O3/c20-14-8-6-12(7-9-14)18-16(21)15-10-11-19(17(15)22)13-4-2-1-3-5-13/h1-5,12,14-15,20H,6-11H2,(H,18,21)/t12?,14?,15-/m1/s1. The van der Waals surface area contributed by atoms with E-state index >= 15 is 0 Å². The highest BCUT2D eigenvalue weighted by Gasteiger charge is 2.38. The molecule has 1 aromatic carbocycles. The fourth-order valence-electron chi connectivity index (χ4n) is 3.31. The van der Waals surface area contributed by atoms with Crippen molar-refractivity contribution in [3.05, 3.63) is 30.3 Å². The number of benzene rings is 1. The third kappa shape index (κ3) is 3.14. The fraction of sp³-hybridized carbons (Fsp3) is 0.529. The largest absolute Gasteiger partial charge is 0.393 e. The second-order valence-corrected chi connectivity index (χ2v) is 6.18. The first-order valence-corrected chi connectivity index (χ1v) is 8.00. The zero-order valence-electron chi connectivity index (χ0n) is 12.6. The quantitative estimate of drug-likeness (QED) is 0.831. The molecule has 1 aliphatic carbocycles. The average Bonchev–Trinajstić information content (AvgIpc) is 2.92. The molecule has 0 bridgehead atoms. The smallest absolute Gasteiger partial charge is 0.239 e. The molecule has 1 saturated carbocycles. The number of aliphatic hydroxyl groups is 1. The summed E-state index contributed by atoms with van der Waals surface area (Å²) in [6.45, 7) is 0.588. The van der Waals surface area contributed by atoms with E-state index < -0.39 is 5.92 Å². The molecule has 3 rings (SSSR count). The summed E-state index contributed by atoms with van der Waals surface area (Å²) in [5.74, 6) is -0.851. The number of carbonyl (C=O) groups is 2. The monoisotopic (exact) mass is 302 g/mol. The van der Waals surface area contributed by atoms with Gasteiger partial charge in [-0.1, -0.05) is 18.2 Å². The Hall–Kier alpha value is -1.88. The molecule has 22 heavy (non-hydrogen) atoms. The lowest BCUT2D eigenvalue weighted by Gasteiger charge is -2.27. The molecule has 2 amide bonds. The van der Waals surface area contributed by atoms with E-state index in [1.807, 2.05) is 30.3 Å². The van der Waals surface area contributed by atoms with Crippen LogP contribution in [0.5, 0.6) is 0 Å². The van der Waals surface area contributed by atoms with E-state index in [0.717, 1.165) is 31.4 Å². The topological polar surface area (TPSA) is 69.6 Å². The molecule has 1 aliphatic heterocycles. The summed E-state index contributed by atoms with van der Waals surface area (Å²) < 4.78 is 0.